The zero-order valence-corrected chi connectivity index (χ0v) is 11.1. The van der Waals surface area contributed by atoms with Gasteiger partial charge in [-0.2, -0.15) is 0 Å². The molecule has 0 bridgehead atoms. The normalized spacial score (nSPS) is 27.6. The zero-order chi connectivity index (χ0) is 12.3. The molecule has 2 rings (SSSR count). The Morgan fingerprint density at radius 3 is 2.47 bits per heavy atom. The highest BCUT2D eigenvalue weighted by atomic mass is 16.2. The first-order valence-corrected chi connectivity index (χ1v) is 6.92. The summed E-state index contributed by atoms with van der Waals surface area (Å²) in [5, 5.41) is 3.18. The third kappa shape index (κ3) is 2.73. The first kappa shape index (κ1) is 12.7. The summed E-state index contributed by atoms with van der Waals surface area (Å²) >= 11 is 0. The molecule has 2 amide bonds. The minimum absolute atomic E-state index is 0.233. The lowest BCUT2D eigenvalue weighted by Gasteiger charge is -2.26. The van der Waals surface area contributed by atoms with Gasteiger partial charge in [0, 0.05) is 26.2 Å². The van der Waals surface area contributed by atoms with Gasteiger partial charge < -0.3 is 15.1 Å². The van der Waals surface area contributed by atoms with E-state index in [0.29, 0.717) is 12.1 Å². The van der Waals surface area contributed by atoms with Crippen LogP contribution in [0.2, 0.25) is 0 Å². The van der Waals surface area contributed by atoms with Crippen LogP contribution in [0.15, 0.2) is 0 Å². The number of carbonyl (C=O) groups is 1. The van der Waals surface area contributed by atoms with Crippen LogP contribution in [0.25, 0.3) is 0 Å². The molecule has 0 radical (unpaired) electrons. The van der Waals surface area contributed by atoms with Crippen molar-refractivity contribution in [3.8, 4) is 0 Å². The van der Waals surface area contributed by atoms with Crippen molar-refractivity contribution in [2.45, 2.75) is 50.6 Å². The van der Waals surface area contributed by atoms with Crippen molar-refractivity contribution >= 4 is 6.03 Å². The lowest BCUT2D eigenvalue weighted by molar-refractivity contribution is 0.176. The number of nitrogens with one attached hydrogen (secondary N) is 1. The zero-order valence-electron chi connectivity index (χ0n) is 11.1. The SMILES string of the molecule is CNCC1CN(C2CCCCCC2)C(=O)N1C. The van der Waals surface area contributed by atoms with E-state index in [1.54, 1.807) is 0 Å². The van der Waals surface area contributed by atoms with Crippen molar-refractivity contribution in [3.63, 3.8) is 0 Å². The molecule has 1 saturated heterocycles. The second kappa shape index (κ2) is 5.71. The van der Waals surface area contributed by atoms with Gasteiger partial charge in [-0.3, -0.25) is 0 Å². The maximum atomic E-state index is 12.2. The van der Waals surface area contributed by atoms with E-state index in [-0.39, 0.29) is 6.03 Å². The molecule has 0 aromatic rings. The van der Waals surface area contributed by atoms with Gasteiger partial charge in [-0.25, -0.2) is 4.79 Å². The number of rotatable bonds is 3. The monoisotopic (exact) mass is 239 g/mol. The van der Waals surface area contributed by atoms with Crippen LogP contribution in [0, 0.1) is 0 Å². The molecule has 17 heavy (non-hydrogen) atoms. The predicted octanol–water partition coefficient (Wildman–Crippen LogP) is 1.66. The molecule has 1 unspecified atom stereocenters. The van der Waals surface area contributed by atoms with Crippen LogP contribution in [0.1, 0.15) is 38.5 Å². The Morgan fingerprint density at radius 2 is 1.88 bits per heavy atom. The Kier molecular flexibility index (Phi) is 4.26. The fourth-order valence-electron chi connectivity index (χ4n) is 3.10. The van der Waals surface area contributed by atoms with Crippen molar-refractivity contribution in [1.82, 2.24) is 15.1 Å². The molecule has 2 aliphatic rings. The van der Waals surface area contributed by atoms with Gasteiger partial charge in [0.05, 0.1) is 6.04 Å². The molecule has 1 saturated carbocycles. The molecular weight excluding hydrogens is 214 g/mol. The van der Waals surface area contributed by atoms with E-state index in [2.05, 4.69) is 10.2 Å². The van der Waals surface area contributed by atoms with Crippen molar-refractivity contribution in [2.75, 3.05) is 27.2 Å². The summed E-state index contributed by atoms with van der Waals surface area (Å²) in [4.78, 5) is 16.2. The Balaban J connectivity index is 1.98. The number of likely N-dealkylation sites (N-methyl/N-ethyl adjacent to an activating group) is 2. The summed E-state index contributed by atoms with van der Waals surface area (Å²) < 4.78 is 0. The van der Waals surface area contributed by atoms with Gasteiger partial charge in [-0.1, -0.05) is 25.7 Å². The third-order valence-corrected chi connectivity index (χ3v) is 4.21. The largest absolute Gasteiger partial charge is 0.322 e. The molecule has 1 heterocycles. The van der Waals surface area contributed by atoms with Crippen LogP contribution in [0.4, 0.5) is 4.79 Å². The molecule has 4 heteroatoms. The van der Waals surface area contributed by atoms with Crippen molar-refractivity contribution in [2.24, 2.45) is 0 Å². The average molecular weight is 239 g/mol. The summed E-state index contributed by atoms with van der Waals surface area (Å²) in [7, 11) is 3.88. The molecule has 1 atom stereocenters. The molecular formula is C13H25N3O. The third-order valence-electron chi connectivity index (χ3n) is 4.21. The van der Waals surface area contributed by atoms with Gasteiger partial charge in [-0.05, 0) is 19.9 Å². The highest BCUT2D eigenvalue weighted by molar-refractivity contribution is 5.77. The lowest BCUT2D eigenvalue weighted by atomic mass is 10.1. The van der Waals surface area contributed by atoms with Gasteiger partial charge >= 0.3 is 6.03 Å². The second-order valence-electron chi connectivity index (χ2n) is 5.40. The Morgan fingerprint density at radius 1 is 1.24 bits per heavy atom. The molecule has 0 spiro atoms. The van der Waals surface area contributed by atoms with Gasteiger partial charge in [0.1, 0.15) is 0 Å². The molecule has 0 aromatic heterocycles. The Labute approximate surface area is 104 Å². The van der Waals surface area contributed by atoms with Gasteiger partial charge in [0.15, 0.2) is 0 Å². The van der Waals surface area contributed by atoms with Crippen molar-refractivity contribution < 1.29 is 4.79 Å². The summed E-state index contributed by atoms with van der Waals surface area (Å²) in [5.74, 6) is 0. The molecule has 4 nitrogen and oxygen atoms in total. The van der Waals surface area contributed by atoms with E-state index in [9.17, 15) is 4.79 Å². The van der Waals surface area contributed by atoms with Crippen LogP contribution in [-0.4, -0.2) is 55.1 Å². The van der Waals surface area contributed by atoms with E-state index in [1.165, 1.54) is 38.5 Å². The molecule has 1 aliphatic carbocycles. The summed E-state index contributed by atoms with van der Waals surface area (Å²) in [6.07, 6.45) is 7.66. The average Bonchev–Trinajstić information content (AvgIpc) is 2.56. The predicted molar refractivity (Wildman–Crippen MR) is 69.1 cm³/mol. The summed E-state index contributed by atoms with van der Waals surface area (Å²) in [5.41, 5.74) is 0. The molecule has 1 aliphatic heterocycles. The van der Waals surface area contributed by atoms with Gasteiger partial charge in [-0.15, -0.1) is 0 Å². The number of amides is 2. The minimum atomic E-state index is 0.233. The smallest absolute Gasteiger partial charge is 0.320 e. The van der Waals surface area contributed by atoms with Crippen molar-refractivity contribution in [3.05, 3.63) is 0 Å². The number of urea groups is 1. The van der Waals surface area contributed by atoms with Crippen LogP contribution in [0.5, 0.6) is 0 Å². The number of hydrogen-bond donors (Lipinski definition) is 1. The molecule has 1 N–H and O–H groups in total. The highest BCUT2D eigenvalue weighted by Crippen LogP contribution is 2.26. The van der Waals surface area contributed by atoms with E-state index in [4.69, 9.17) is 0 Å². The topological polar surface area (TPSA) is 35.6 Å². The fraction of sp³-hybridized carbons (Fsp3) is 0.923. The Bertz CT molecular complexity index is 261. The fourth-order valence-corrected chi connectivity index (χ4v) is 3.10. The summed E-state index contributed by atoms with van der Waals surface area (Å²) in [6, 6.07) is 1.07. The molecule has 2 fully saturated rings. The second-order valence-corrected chi connectivity index (χ2v) is 5.40. The van der Waals surface area contributed by atoms with Crippen LogP contribution in [-0.2, 0) is 0 Å². The maximum Gasteiger partial charge on any atom is 0.320 e. The van der Waals surface area contributed by atoms with Gasteiger partial charge in [0.2, 0.25) is 0 Å². The maximum absolute atomic E-state index is 12.2. The van der Waals surface area contributed by atoms with Crippen LogP contribution >= 0.6 is 0 Å². The minimum Gasteiger partial charge on any atom is -0.322 e. The van der Waals surface area contributed by atoms with E-state index < -0.39 is 0 Å². The summed E-state index contributed by atoms with van der Waals surface area (Å²) in [6.45, 7) is 1.80. The van der Waals surface area contributed by atoms with Gasteiger partial charge in [0.25, 0.3) is 0 Å². The van der Waals surface area contributed by atoms with Crippen LogP contribution in [0.3, 0.4) is 0 Å². The lowest BCUT2D eigenvalue weighted by Crippen LogP contribution is -2.38. The van der Waals surface area contributed by atoms with E-state index in [1.807, 2.05) is 19.0 Å². The number of hydrogen-bond acceptors (Lipinski definition) is 2. The first-order valence-electron chi connectivity index (χ1n) is 6.92. The van der Waals surface area contributed by atoms with Crippen molar-refractivity contribution in [1.29, 1.82) is 0 Å². The van der Waals surface area contributed by atoms with E-state index in [0.717, 1.165) is 13.1 Å². The standard InChI is InChI=1S/C13H25N3O/c1-14-9-12-10-16(13(17)15(12)2)11-7-5-3-4-6-8-11/h11-12,14H,3-10H2,1-2H3. The number of carbonyl (C=O) groups excluding carboxylic acids is 1. The Hall–Kier alpha value is -0.770. The van der Waals surface area contributed by atoms with Crippen LogP contribution < -0.4 is 5.32 Å². The first-order chi connectivity index (χ1) is 8.24. The highest BCUT2D eigenvalue weighted by Gasteiger charge is 2.37. The number of nitrogens with zero attached hydrogens (tertiary/aromatic N) is 2. The molecule has 0 aromatic carbocycles. The van der Waals surface area contributed by atoms with E-state index >= 15 is 0 Å². The quantitative estimate of drug-likeness (QED) is 0.760. The molecule has 98 valence electrons.